The van der Waals surface area contributed by atoms with Gasteiger partial charge in [-0.2, -0.15) is 0 Å². The molecule has 8 saturated carbocycles. The molecule has 0 saturated heterocycles. The first kappa shape index (κ1) is 34.7. The minimum atomic E-state index is -0.231. The number of fused-ring (bicyclic) bond motifs is 10. The highest BCUT2D eigenvalue weighted by Crippen LogP contribution is 2.71. The van der Waals surface area contributed by atoms with E-state index in [4.69, 9.17) is 15.9 Å². The van der Waals surface area contributed by atoms with E-state index in [0.29, 0.717) is 0 Å². The van der Waals surface area contributed by atoms with Gasteiger partial charge in [-0.25, -0.2) is 0 Å². The summed E-state index contributed by atoms with van der Waals surface area (Å²) in [5.41, 5.74) is 27.7. The molecule has 62 heavy (non-hydrogen) atoms. The molecule has 4 aromatic rings. The predicted molar refractivity (Wildman–Crippen MR) is 253 cm³/mol. The Morgan fingerprint density at radius 2 is 0.565 bits per heavy atom. The van der Waals surface area contributed by atoms with Gasteiger partial charge in [0, 0.05) is 10.0 Å². The van der Waals surface area contributed by atoms with Crippen LogP contribution in [0.5, 0.6) is 0 Å². The van der Waals surface area contributed by atoms with Crippen LogP contribution >= 0.6 is 15.9 Å². The molecule has 8 atom stereocenters. The maximum atomic E-state index is 4.73. The van der Waals surface area contributed by atoms with Gasteiger partial charge in [-0.05, 0) is 322 Å². The zero-order valence-electron chi connectivity index (χ0n) is 36.8. The lowest BCUT2D eigenvalue weighted by Crippen LogP contribution is -2.28. The van der Waals surface area contributed by atoms with Gasteiger partial charge in [-0.1, -0.05) is 42.5 Å². The average Bonchev–Trinajstić information content (AvgIpc) is 3.30. The van der Waals surface area contributed by atoms with Crippen LogP contribution in [0.4, 0.5) is 0 Å². The first-order chi connectivity index (χ1) is 30.4. The molecule has 0 nitrogen and oxygen atoms in total. The Labute approximate surface area is 378 Å². The molecule has 1 heteroatoms. The van der Waals surface area contributed by atoms with E-state index in [-0.39, 0.29) is 5.41 Å². The van der Waals surface area contributed by atoms with E-state index < -0.39 is 0 Å². The summed E-state index contributed by atoms with van der Waals surface area (Å²) in [5, 5.41) is 0. The van der Waals surface area contributed by atoms with Crippen LogP contribution in [0, 0.1) is 47.3 Å². The Bertz CT molecular complexity index is 2620. The summed E-state index contributed by atoms with van der Waals surface area (Å²) in [6, 6.07) is 20.7. The van der Waals surface area contributed by atoms with Crippen molar-refractivity contribution in [3.05, 3.63) is 114 Å². The molecule has 0 aliphatic heterocycles. The van der Waals surface area contributed by atoms with Gasteiger partial charge in [0.2, 0.25) is 0 Å². The van der Waals surface area contributed by atoms with Crippen molar-refractivity contribution in [2.45, 2.75) is 181 Å². The Morgan fingerprint density at radius 1 is 0.290 bits per heavy atom. The van der Waals surface area contributed by atoms with Crippen LogP contribution in [0.1, 0.15) is 243 Å². The zero-order valence-corrected chi connectivity index (χ0v) is 38.4. The van der Waals surface area contributed by atoms with Crippen molar-refractivity contribution in [2.75, 3.05) is 0 Å². The lowest BCUT2D eigenvalue weighted by molar-refractivity contribution is 0.165. The third-order valence-corrected chi connectivity index (χ3v) is 24.0. The van der Waals surface area contributed by atoms with Gasteiger partial charge in [0.15, 0.2) is 0 Å². The minimum absolute atomic E-state index is 0.231. The quantitative estimate of drug-likeness (QED) is 0.143. The van der Waals surface area contributed by atoms with Gasteiger partial charge in [0.25, 0.3) is 0 Å². The van der Waals surface area contributed by atoms with Crippen LogP contribution < -0.4 is 0 Å². The summed E-state index contributed by atoms with van der Waals surface area (Å²) in [7, 11) is 0. The van der Waals surface area contributed by atoms with Gasteiger partial charge >= 0.3 is 0 Å². The molecule has 16 bridgehead atoms. The summed E-state index contributed by atoms with van der Waals surface area (Å²) in [5.74, 6) is 13.7. The van der Waals surface area contributed by atoms with Crippen LogP contribution in [0.2, 0.25) is 0 Å². The Balaban J connectivity index is 0.982. The van der Waals surface area contributed by atoms with Crippen molar-refractivity contribution in [1.82, 2.24) is 0 Å². The molecule has 0 heterocycles. The van der Waals surface area contributed by atoms with Crippen LogP contribution in [0.15, 0.2) is 46.9 Å². The molecule has 18 aliphatic carbocycles. The van der Waals surface area contributed by atoms with E-state index in [1.54, 1.807) is 76.8 Å². The molecule has 1 spiro atoms. The van der Waals surface area contributed by atoms with E-state index in [1.165, 1.54) is 128 Å². The van der Waals surface area contributed by atoms with Gasteiger partial charge in [0.1, 0.15) is 0 Å². The topological polar surface area (TPSA) is 0 Å². The molecular formula is C61H63Br. The molecule has 22 rings (SSSR count). The highest BCUT2D eigenvalue weighted by Gasteiger charge is 2.58. The molecule has 4 aromatic carbocycles. The molecule has 8 fully saturated rings. The molecular weight excluding hydrogens is 813 g/mol. The first-order valence-electron chi connectivity index (χ1n) is 26.9. The third-order valence-electron chi connectivity index (χ3n) is 23.2. The molecule has 8 unspecified atom stereocenters. The lowest BCUT2D eigenvalue weighted by Gasteiger charge is -2.38. The van der Waals surface area contributed by atoms with Gasteiger partial charge in [0.05, 0.1) is 5.41 Å². The predicted octanol–water partition coefficient (Wildman–Crippen LogP) is 16.4. The largest absolute Gasteiger partial charge is 0.0726 e. The maximum absolute atomic E-state index is 4.73. The van der Waals surface area contributed by atoms with E-state index in [9.17, 15) is 0 Å². The van der Waals surface area contributed by atoms with Crippen molar-refractivity contribution in [2.24, 2.45) is 47.3 Å². The second-order valence-electron chi connectivity index (χ2n) is 26.2. The standard InChI is InChI=1S/C61H63Br/c62-60-58-43-19-34-4-35(20-43)18-42(17-34)50(58)27-57-59(60)53-23-46-38-9-32-3-33(10-38)16-41(15-32)49(46)26-56(53)61(57)54-24-47-39-11-28-1-29(12-39)6-36(5-28)44(47)21-51(54)52-22-45-37-7-30-2-31(8-37)14-40(13-30)48(45)25-55(52)61/h21-43H,1-20H2. The monoisotopic (exact) mass is 874 g/mol. The normalized spacial score (nSPS) is 44.6. The molecule has 0 radical (unpaired) electrons. The SMILES string of the molecule is Brc1c2c(cc3c1C1CC4CC(CC3C4)C1)C1(c3cc4c(cc3-c3cc5c(cc31)C1CC3CC(CC5C3)C1)C1CC3CC(C1)CC4C3)c1cc3c(cc1-2)C1CC2CC(C1)CC3C2. The summed E-state index contributed by atoms with van der Waals surface area (Å²) in [4.78, 5) is 0. The Kier molecular flexibility index (Phi) is 6.42. The molecule has 0 amide bonds. The summed E-state index contributed by atoms with van der Waals surface area (Å²) < 4.78 is 1.55. The number of benzene rings is 4. The fourth-order valence-electron chi connectivity index (χ4n) is 21.9. The van der Waals surface area contributed by atoms with Crippen LogP contribution in [0.3, 0.4) is 0 Å². The first-order valence-corrected chi connectivity index (χ1v) is 27.7. The summed E-state index contributed by atoms with van der Waals surface area (Å²) in [6.45, 7) is 0. The van der Waals surface area contributed by atoms with Crippen LogP contribution in [0.25, 0.3) is 22.3 Å². The fourth-order valence-corrected chi connectivity index (χ4v) is 22.9. The van der Waals surface area contributed by atoms with Gasteiger partial charge in [-0.3, -0.25) is 0 Å². The molecule has 0 N–H and O–H groups in total. The number of halogens is 1. The second kappa shape index (κ2) is 11.5. The molecule has 314 valence electrons. The van der Waals surface area contributed by atoms with E-state index in [1.807, 2.05) is 16.7 Å². The van der Waals surface area contributed by atoms with Crippen molar-refractivity contribution < 1.29 is 0 Å². The number of hydrogen-bond donors (Lipinski definition) is 0. The van der Waals surface area contributed by atoms with E-state index >= 15 is 0 Å². The van der Waals surface area contributed by atoms with Crippen molar-refractivity contribution in [1.29, 1.82) is 0 Å². The zero-order chi connectivity index (χ0) is 39.6. The average molecular weight is 876 g/mol. The van der Waals surface area contributed by atoms with Crippen molar-refractivity contribution in [3.8, 4) is 22.3 Å². The van der Waals surface area contributed by atoms with Crippen LogP contribution in [-0.2, 0) is 5.41 Å². The van der Waals surface area contributed by atoms with E-state index in [2.05, 4.69) is 42.5 Å². The highest BCUT2D eigenvalue weighted by atomic mass is 79.9. The fraction of sp³-hybridized carbons (Fsp3) is 0.607. The molecule has 0 aromatic heterocycles. The van der Waals surface area contributed by atoms with Gasteiger partial charge in [-0.15, -0.1) is 0 Å². The summed E-state index contributed by atoms with van der Waals surface area (Å²) in [6.07, 6.45) is 29.3. The second-order valence-corrected chi connectivity index (χ2v) is 27.0. The summed E-state index contributed by atoms with van der Waals surface area (Å²) >= 11 is 4.73. The Hall–Kier alpha value is -2.64. The minimum Gasteiger partial charge on any atom is -0.0530 e. The number of hydrogen-bond acceptors (Lipinski definition) is 0. The van der Waals surface area contributed by atoms with Crippen molar-refractivity contribution in [3.63, 3.8) is 0 Å². The number of rotatable bonds is 0. The van der Waals surface area contributed by atoms with E-state index in [0.717, 1.165) is 94.7 Å². The lowest BCUT2D eigenvalue weighted by atomic mass is 9.66. The third kappa shape index (κ3) is 4.16. The Morgan fingerprint density at radius 3 is 0.935 bits per heavy atom. The molecule has 18 aliphatic rings. The maximum Gasteiger partial charge on any atom is 0.0726 e. The smallest absolute Gasteiger partial charge is 0.0530 e. The highest BCUT2D eigenvalue weighted by molar-refractivity contribution is 9.10. The van der Waals surface area contributed by atoms with Crippen LogP contribution in [-0.4, -0.2) is 0 Å². The van der Waals surface area contributed by atoms with Gasteiger partial charge < -0.3 is 0 Å². The van der Waals surface area contributed by atoms with Crippen molar-refractivity contribution >= 4 is 15.9 Å².